The molecule has 0 spiro atoms. The van der Waals surface area contributed by atoms with Gasteiger partial charge in [-0.15, -0.1) is 0 Å². The Morgan fingerprint density at radius 3 is 1.90 bits per heavy atom. The number of aromatic nitrogens is 2. The number of anilines is 1. The largest absolute Gasteiger partial charge is 0.328 e. The molecule has 4 nitrogen and oxygen atoms in total. The molecule has 0 N–H and O–H groups in total. The van der Waals surface area contributed by atoms with E-state index in [0.717, 1.165) is 29.1 Å². The minimum absolute atomic E-state index is 0.139. The molecular formula is C36H53N3O. The average molecular weight is 544 g/mol. The molecule has 1 aliphatic rings. The van der Waals surface area contributed by atoms with Crippen LogP contribution in [-0.2, 0) is 11.3 Å². The number of nitrogens with zero attached hydrogens (tertiary/aromatic N) is 3. The monoisotopic (exact) mass is 543 g/mol. The summed E-state index contributed by atoms with van der Waals surface area (Å²) in [6.07, 6.45) is 22.7. The Morgan fingerprint density at radius 1 is 0.725 bits per heavy atom. The number of amides is 1. The number of carbonyl (C=O) groups is 1. The van der Waals surface area contributed by atoms with E-state index in [4.69, 9.17) is 4.98 Å². The van der Waals surface area contributed by atoms with Gasteiger partial charge in [0.1, 0.15) is 5.82 Å². The first kappa shape index (κ1) is 30.3. The molecule has 0 aliphatic carbocycles. The van der Waals surface area contributed by atoms with Crippen LogP contribution < -0.4 is 4.90 Å². The number of hydrogen-bond donors (Lipinski definition) is 0. The Bertz CT molecular complexity index is 1170. The fourth-order valence-corrected chi connectivity index (χ4v) is 6.44. The van der Waals surface area contributed by atoms with Gasteiger partial charge in [-0.25, -0.2) is 4.98 Å². The number of hydrogen-bond acceptors (Lipinski definition) is 2. The lowest BCUT2D eigenvalue weighted by atomic mass is 10.0. The number of fused-ring (bicyclic) bond motifs is 1. The normalized spacial score (nSPS) is 15.5. The average Bonchev–Trinajstić information content (AvgIpc) is 3.53. The third-order valence-electron chi connectivity index (χ3n) is 8.82. The summed E-state index contributed by atoms with van der Waals surface area (Å²) in [5.41, 5.74) is 4.45. The van der Waals surface area contributed by atoms with Crippen molar-refractivity contribution in [1.82, 2.24) is 9.55 Å². The minimum Gasteiger partial charge on any atom is -0.328 e. The summed E-state index contributed by atoms with van der Waals surface area (Å²) in [6.45, 7) is 6.08. The fraction of sp³-hybridized carbons (Fsp3) is 0.611. The maximum absolute atomic E-state index is 13.0. The molecule has 2 heterocycles. The van der Waals surface area contributed by atoms with E-state index >= 15 is 0 Å². The summed E-state index contributed by atoms with van der Waals surface area (Å²) < 4.78 is 2.42. The molecule has 40 heavy (non-hydrogen) atoms. The van der Waals surface area contributed by atoms with E-state index in [1.165, 1.54) is 108 Å². The predicted molar refractivity (Wildman–Crippen MR) is 170 cm³/mol. The van der Waals surface area contributed by atoms with Gasteiger partial charge in [0.05, 0.1) is 11.0 Å². The molecule has 1 amide bonds. The zero-order chi connectivity index (χ0) is 28.0. The van der Waals surface area contributed by atoms with Crippen molar-refractivity contribution < 1.29 is 4.79 Å². The Labute approximate surface area is 243 Å². The van der Waals surface area contributed by atoms with Crippen LogP contribution in [0.4, 0.5) is 5.69 Å². The van der Waals surface area contributed by atoms with Crippen LogP contribution in [0.3, 0.4) is 0 Å². The van der Waals surface area contributed by atoms with Crippen molar-refractivity contribution in [3.63, 3.8) is 0 Å². The lowest BCUT2D eigenvalue weighted by Gasteiger charge is -2.19. The number of imidazole rings is 1. The topological polar surface area (TPSA) is 38.1 Å². The Morgan fingerprint density at radius 2 is 1.27 bits per heavy atom. The van der Waals surface area contributed by atoms with Crippen LogP contribution in [0.25, 0.3) is 11.0 Å². The van der Waals surface area contributed by atoms with Crippen molar-refractivity contribution in [2.24, 2.45) is 0 Å². The molecule has 1 aromatic heterocycles. The summed E-state index contributed by atoms with van der Waals surface area (Å²) in [4.78, 5) is 20.1. The van der Waals surface area contributed by atoms with E-state index in [1.54, 1.807) is 0 Å². The fourth-order valence-electron chi connectivity index (χ4n) is 6.44. The summed E-state index contributed by atoms with van der Waals surface area (Å²) in [7, 11) is 0. The molecule has 1 atom stereocenters. The molecule has 0 unspecified atom stereocenters. The van der Waals surface area contributed by atoms with E-state index in [-0.39, 0.29) is 11.8 Å². The number of carbonyl (C=O) groups excluding carboxylic acids is 1. The molecule has 1 aliphatic heterocycles. The molecular weight excluding hydrogens is 490 g/mol. The van der Waals surface area contributed by atoms with Crippen molar-refractivity contribution in [1.29, 1.82) is 0 Å². The maximum Gasteiger partial charge on any atom is 0.227 e. The highest BCUT2D eigenvalue weighted by atomic mass is 16.2. The van der Waals surface area contributed by atoms with E-state index in [1.807, 2.05) is 17.0 Å². The van der Waals surface area contributed by atoms with Gasteiger partial charge in [0.25, 0.3) is 0 Å². The maximum atomic E-state index is 13.0. The second kappa shape index (κ2) is 16.6. The highest BCUT2D eigenvalue weighted by molar-refractivity contribution is 5.97. The SMILES string of the molecule is CCCCCCCCCCCCCCCCCCn1c([C@@H]2CC(=O)N(c3ccccc3C)C2)nc2ccccc21. The van der Waals surface area contributed by atoms with E-state index in [2.05, 4.69) is 54.8 Å². The van der Waals surface area contributed by atoms with Crippen molar-refractivity contribution >= 4 is 22.6 Å². The molecule has 0 saturated carbocycles. The second-order valence-electron chi connectivity index (χ2n) is 12.1. The van der Waals surface area contributed by atoms with Crippen LogP contribution in [-0.4, -0.2) is 22.0 Å². The molecule has 0 radical (unpaired) electrons. The van der Waals surface area contributed by atoms with E-state index in [0.29, 0.717) is 13.0 Å². The van der Waals surface area contributed by atoms with Crippen molar-refractivity contribution in [2.75, 3.05) is 11.4 Å². The van der Waals surface area contributed by atoms with Gasteiger partial charge < -0.3 is 9.47 Å². The zero-order valence-electron chi connectivity index (χ0n) is 25.4. The third kappa shape index (κ3) is 8.69. The van der Waals surface area contributed by atoms with E-state index in [9.17, 15) is 4.79 Å². The highest BCUT2D eigenvalue weighted by Crippen LogP contribution is 2.34. The number of benzene rings is 2. The Hall–Kier alpha value is -2.62. The first-order chi connectivity index (χ1) is 19.7. The van der Waals surface area contributed by atoms with Gasteiger partial charge in [-0.3, -0.25) is 4.79 Å². The van der Waals surface area contributed by atoms with E-state index < -0.39 is 0 Å². The first-order valence-electron chi connectivity index (χ1n) is 16.5. The molecule has 1 fully saturated rings. The van der Waals surface area contributed by atoms with Gasteiger partial charge in [0.15, 0.2) is 0 Å². The molecule has 2 aromatic carbocycles. The Balaban J connectivity index is 1.17. The van der Waals surface area contributed by atoms with Crippen molar-refractivity contribution in [3.05, 3.63) is 59.9 Å². The standard InChI is InChI=1S/C36H53N3O/c1-3-4-5-6-7-8-9-10-11-12-13-14-15-16-17-22-27-38-34-26-21-19-24-32(34)37-36(38)31-28-35(40)39(29-31)33-25-20-18-23-30(33)2/h18-21,23-26,31H,3-17,22,27-29H2,1-2H3/t31-/m1/s1. The summed E-state index contributed by atoms with van der Waals surface area (Å²) in [6, 6.07) is 16.7. The summed E-state index contributed by atoms with van der Waals surface area (Å²) in [5, 5.41) is 0. The quantitative estimate of drug-likeness (QED) is 0.141. The van der Waals surface area contributed by atoms with Gasteiger partial charge >= 0.3 is 0 Å². The van der Waals surface area contributed by atoms with Gasteiger partial charge in [-0.05, 0) is 37.1 Å². The molecule has 3 aromatic rings. The van der Waals surface area contributed by atoms with Gasteiger partial charge in [0.2, 0.25) is 5.91 Å². The van der Waals surface area contributed by atoms with Gasteiger partial charge in [0, 0.05) is 31.1 Å². The second-order valence-corrected chi connectivity index (χ2v) is 12.1. The van der Waals surface area contributed by atoms with Crippen LogP contribution in [0, 0.1) is 6.92 Å². The smallest absolute Gasteiger partial charge is 0.227 e. The van der Waals surface area contributed by atoms with Crippen molar-refractivity contribution in [2.45, 2.75) is 135 Å². The molecule has 218 valence electrons. The predicted octanol–water partition coefficient (Wildman–Crippen LogP) is 10.1. The molecule has 0 bridgehead atoms. The van der Waals surface area contributed by atoms with Gasteiger partial charge in [-0.1, -0.05) is 134 Å². The van der Waals surface area contributed by atoms with Crippen LogP contribution in [0.1, 0.15) is 133 Å². The number of rotatable bonds is 19. The van der Waals surface area contributed by atoms with Gasteiger partial charge in [-0.2, -0.15) is 0 Å². The van der Waals surface area contributed by atoms with Crippen LogP contribution in [0.15, 0.2) is 48.5 Å². The number of para-hydroxylation sites is 3. The van der Waals surface area contributed by atoms with Crippen LogP contribution in [0.2, 0.25) is 0 Å². The molecule has 4 heteroatoms. The first-order valence-corrected chi connectivity index (χ1v) is 16.5. The van der Waals surface area contributed by atoms with Crippen LogP contribution >= 0.6 is 0 Å². The Kier molecular flexibility index (Phi) is 12.6. The van der Waals surface area contributed by atoms with Crippen molar-refractivity contribution in [3.8, 4) is 0 Å². The summed E-state index contributed by atoms with van der Waals surface area (Å²) >= 11 is 0. The highest BCUT2D eigenvalue weighted by Gasteiger charge is 2.35. The minimum atomic E-state index is 0.139. The number of unbranched alkanes of at least 4 members (excludes halogenated alkanes) is 15. The number of aryl methyl sites for hydroxylation is 2. The molecule has 1 saturated heterocycles. The zero-order valence-corrected chi connectivity index (χ0v) is 25.4. The lowest BCUT2D eigenvalue weighted by Crippen LogP contribution is -2.25. The van der Waals surface area contributed by atoms with Crippen LogP contribution in [0.5, 0.6) is 0 Å². The lowest BCUT2D eigenvalue weighted by molar-refractivity contribution is -0.117. The molecule has 4 rings (SSSR count). The third-order valence-corrected chi connectivity index (χ3v) is 8.82. The summed E-state index contributed by atoms with van der Waals surface area (Å²) in [5.74, 6) is 1.44.